The molecule has 524 valence electrons. The van der Waals surface area contributed by atoms with Gasteiger partial charge in [0.1, 0.15) is 74.0 Å². The third-order valence-corrected chi connectivity index (χ3v) is 18.4. The Morgan fingerprint density at radius 3 is 0.732 bits per heavy atom. The van der Waals surface area contributed by atoms with Gasteiger partial charge in [-0.3, -0.25) is 86.1 Å². The SMILES string of the molecule is Cc1cn([C@H]2C[C@H](OC[C@H]3O[C@@H](n4cc(C)c(=O)[nH]c4=O)C[C@@H]3OC[C@H]3O[C@@H](n4cc(C)c(=O)[nH]c4=O)C[C@@H]3OC[C@H]3O[C@@H](n4cc(C)c(=O)[nH]c4=O)C[C@@H]3OC[C@H]3O[C@@H](n4cc(C)c(=O)[nH]c4=O)C[C@@H]3OC[C@H]3O[C@@H](n4cc(C)c(=O)[nH]c4=O)C[C@@H]3O)[C@@H](CO)O2)c(=O)[nH]c1=O. The fourth-order valence-electron chi connectivity index (χ4n) is 12.9. The molecule has 0 spiro atoms. The predicted octanol–water partition coefficient (Wildman–Crippen LogP) is -3.86. The van der Waals surface area contributed by atoms with Crippen LogP contribution in [0.25, 0.3) is 0 Å². The molecule has 18 atom stereocenters. The number of aliphatic hydroxyl groups is 2. The van der Waals surface area contributed by atoms with Crippen molar-refractivity contribution in [2.45, 2.75) is 191 Å². The van der Waals surface area contributed by atoms with E-state index < -0.39 is 185 Å². The van der Waals surface area contributed by atoms with Crippen molar-refractivity contribution in [1.82, 2.24) is 57.3 Å². The highest BCUT2D eigenvalue weighted by atomic mass is 16.6. The Morgan fingerprint density at radius 2 is 0.505 bits per heavy atom. The zero-order valence-corrected chi connectivity index (χ0v) is 53.3. The Kier molecular flexibility index (Phi) is 19.9. The molecule has 0 aromatic carbocycles. The molecular formula is C60H74N12O25. The van der Waals surface area contributed by atoms with Crippen LogP contribution in [0.1, 0.15) is 109 Å². The van der Waals surface area contributed by atoms with Gasteiger partial charge in [-0.2, -0.15) is 0 Å². The van der Waals surface area contributed by atoms with Gasteiger partial charge in [-0.1, -0.05) is 0 Å². The van der Waals surface area contributed by atoms with Gasteiger partial charge in [-0.05, 0) is 41.5 Å². The first-order valence-corrected chi connectivity index (χ1v) is 31.5. The summed E-state index contributed by atoms with van der Waals surface area (Å²) in [7, 11) is 0. The maximum atomic E-state index is 13.5. The topological polar surface area (TPSA) is 471 Å². The Labute approximate surface area is 543 Å². The minimum Gasteiger partial charge on any atom is -0.394 e. The lowest BCUT2D eigenvalue weighted by Gasteiger charge is -2.27. The van der Waals surface area contributed by atoms with Crippen LogP contribution in [0.5, 0.6) is 0 Å². The van der Waals surface area contributed by atoms with Crippen molar-refractivity contribution in [2.24, 2.45) is 0 Å². The van der Waals surface area contributed by atoms with Crippen LogP contribution >= 0.6 is 0 Å². The fourth-order valence-corrected chi connectivity index (χ4v) is 12.9. The van der Waals surface area contributed by atoms with Crippen LogP contribution in [0.15, 0.2) is 94.7 Å². The number of hydrogen-bond donors (Lipinski definition) is 8. The molecule has 6 aromatic rings. The molecule has 6 aliphatic rings. The standard InChI is InChI=1S/C60H74N12O25/c1-25-13-67(55(81)61-49(25)75)43-7-31(74)38(93-43)20-87-33-9-45(69-15-27(3)51(77)63-57(69)83)95-40(33)22-89-35-11-47(71-17-29(5)53(79)65-59(71)85)97-42(35)24-91-36-12-48(72-18-30(6)54(80)66-60(72)86)96-41(36)23-90-34-10-46(70-16-28(4)52(78)64-58(70)84)94-39(34)21-88-32-8-44(92-37(32)19-73)68-14-26(2)50(76)62-56(68)82/h13-18,31-48,73-74H,7-12,19-24H2,1-6H3,(H,61,75,81)(H,62,76,82)(H,63,77,83)(H,64,78,84)(H,65,79,85)(H,66,80,86)/t31-,32-,33-,34-,35-,36-,37+,38+,39+,40+,41+,42+,43+,44+,45+,46+,47+,48+/m0/s1. The van der Waals surface area contributed by atoms with Crippen LogP contribution in [-0.4, -0.2) is 180 Å². The molecule has 6 aliphatic heterocycles. The molecule has 0 saturated carbocycles. The van der Waals surface area contributed by atoms with E-state index in [0.29, 0.717) is 0 Å². The second-order valence-electron chi connectivity index (χ2n) is 25.2. The van der Waals surface area contributed by atoms with E-state index in [9.17, 15) is 67.7 Å². The molecule has 0 unspecified atom stereocenters. The molecule has 37 nitrogen and oxygen atoms in total. The Morgan fingerprint density at radius 1 is 0.320 bits per heavy atom. The van der Waals surface area contributed by atoms with E-state index in [1.807, 2.05) is 0 Å². The van der Waals surface area contributed by atoms with Gasteiger partial charge in [-0.25, -0.2) is 28.8 Å². The van der Waals surface area contributed by atoms with Gasteiger partial charge in [0.15, 0.2) is 0 Å². The van der Waals surface area contributed by atoms with E-state index in [-0.39, 0.29) is 105 Å². The molecule has 6 saturated heterocycles. The first-order chi connectivity index (χ1) is 46.3. The maximum absolute atomic E-state index is 13.5. The van der Waals surface area contributed by atoms with Gasteiger partial charge in [0.2, 0.25) is 0 Å². The van der Waals surface area contributed by atoms with Crippen molar-refractivity contribution in [3.05, 3.63) is 196 Å². The van der Waals surface area contributed by atoms with Crippen molar-refractivity contribution >= 4 is 0 Å². The zero-order chi connectivity index (χ0) is 69.0. The molecule has 6 aromatic heterocycles. The average Bonchev–Trinajstić information content (AvgIpc) is 1.70. The van der Waals surface area contributed by atoms with E-state index in [1.54, 1.807) is 0 Å². The molecule has 0 radical (unpaired) electrons. The lowest BCUT2D eigenvalue weighted by Crippen LogP contribution is -2.39. The Bertz CT molecular complexity index is 4690. The number of rotatable bonds is 22. The van der Waals surface area contributed by atoms with Gasteiger partial charge in [0.05, 0.1) is 76.3 Å². The smallest absolute Gasteiger partial charge is 0.330 e. The average molecular weight is 1360 g/mol. The second-order valence-corrected chi connectivity index (χ2v) is 25.2. The number of H-pyrrole nitrogens is 6. The summed E-state index contributed by atoms with van der Waals surface area (Å²) in [5, 5.41) is 21.6. The van der Waals surface area contributed by atoms with Crippen LogP contribution in [-0.2, 0) is 52.1 Å². The minimum atomic E-state index is -1.14. The van der Waals surface area contributed by atoms with Gasteiger partial charge >= 0.3 is 34.1 Å². The predicted molar refractivity (Wildman–Crippen MR) is 329 cm³/mol. The van der Waals surface area contributed by atoms with E-state index in [0.717, 1.165) is 0 Å². The third-order valence-electron chi connectivity index (χ3n) is 18.4. The Balaban J connectivity index is 0.794. The summed E-state index contributed by atoms with van der Waals surface area (Å²) in [6, 6.07) is 0. The normalized spacial score (nSPS) is 30.3. The van der Waals surface area contributed by atoms with Crippen LogP contribution in [0.3, 0.4) is 0 Å². The van der Waals surface area contributed by atoms with Crippen molar-refractivity contribution in [3.63, 3.8) is 0 Å². The van der Waals surface area contributed by atoms with Crippen molar-refractivity contribution < 1.29 is 62.3 Å². The molecular weight excluding hydrogens is 1290 g/mol. The Hall–Kier alpha value is -8.44. The molecule has 12 rings (SSSR count). The van der Waals surface area contributed by atoms with E-state index >= 15 is 0 Å². The first-order valence-electron chi connectivity index (χ1n) is 31.5. The maximum Gasteiger partial charge on any atom is 0.330 e. The second kappa shape index (κ2) is 28.2. The van der Waals surface area contributed by atoms with E-state index in [4.69, 9.17) is 52.1 Å². The number of aliphatic hydroxyl groups excluding tert-OH is 2. The van der Waals surface area contributed by atoms with Gasteiger partial charge in [0.25, 0.3) is 33.4 Å². The van der Waals surface area contributed by atoms with Crippen molar-refractivity contribution in [2.75, 3.05) is 39.6 Å². The highest BCUT2D eigenvalue weighted by molar-refractivity contribution is 5.08. The van der Waals surface area contributed by atoms with Gasteiger partial charge in [0, 0.05) is 109 Å². The number of nitrogens with zero attached hydrogens (tertiary/aromatic N) is 6. The zero-order valence-electron chi connectivity index (χ0n) is 53.3. The fraction of sp³-hybridized carbons (Fsp3) is 0.600. The number of aryl methyl sites for hydroxylation is 6. The van der Waals surface area contributed by atoms with E-state index in [1.165, 1.54) is 106 Å². The molecule has 37 heteroatoms. The summed E-state index contributed by atoms with van der Waals surface area (Å²) in [5.74, 6) is 0. The number of nitrogens with one attached hydrogen (secondary N) is 6. The summed E-state index contributed by atoms with van der Waals surface area (Å²) in [5.41, 5.74) is -7.00. The molecule has 0 bridgehead atoms. The summed E-state index contributed by atoms with van der Waals surface area (Å²) in [6.07, 6.45) is -9.86. The summed E-state index contributed by atoms with van der Waals surface area (Å²) >= 11 is 0. The number of hydrogen-bond acceptors (Lipinski definition) is 25. The third kappa shape index (κ3) is 14.5. The van der Waals surface area contributed by atoms with E-state index in [2.05, 4.69) is 29.9 Å². The summed E-state index contributed by atoms with van der Waals surface area (Å²) in [6.45, 7) is 7.18. The molecule has 8 N–H and O–H groups in total. The van der Waals surface area contributed by atoms with Crippen LogP contribution < -0.4 is 67.5 Å². The van der Waals surface area contributed by atoms with Crippen molar-refractivity contribution in [3.8, 4) is 0 Å². The monoisotopic (exact) mass is 1360 g/mol. The number of aromatic nitrogens is 12. The quantitative estimate of drug-likeness (QED) is 0.0322. The molecule has 0 amide bonds. The van der Waals surface area contributed by atoms with Crippen LogP contribution in [0, 0.1) is 41.5 Å². The highest BCUT2D eigenvalue weighted by Gasteiger charge is 2.48. The minimum absolute atomic E-state index is 0.00530. The summed E-state index contributed by atoms with van der Waals surface area (Å²) < 4.78 is 78.2. The molecule has 6 fully saturated rings. The summed E-state index contributed by atoms with van der Waals surface area (Å²) in [4.78, 5) is 167. The lowest BCUT2D eigenvalue weighted by atomic mass is 10.1. The highest BCUT2D eigenvalue weighted by Crippen LogP contribution is 2.39. The molecule has 12 heterocycles. The van der Waals surface area contributed by atoms with Gasteiger partial charge in [-0.15, -0.1) is 0 Å². The lowest BCUT2D eigenvalue weighted by molar-refractivity contribution is -0.141. The molecule has 97 heavy (non-hydrogen) atoms. The number of aromatic amines is 6. The molecule has 0 aliphatic carbocycles. The van der Waals surface area contributed by atoms with Crippen LogP contribution in [0.4, 0.5) is 0 Å². The van der Waals surface area contributed by atoms with Gasteiger partial charge < -0.3 is 62.3 Å². The van der Waals surface area contributed by atoms with Crippen LogP contribution in [0.2, 0.25) is 0 Å². The number of ether oxygens (including phenoxy) is 11. The van der Waals surface area contributed by atoms with Crippen molar-refractivity contribution in [1.29, 1.82) is 0 Å². The largest absolute Gasteiger partial charge is 0.394 e. The first kappa shape index (κ1) is 68.5.